The zero-order valence-corrected chi connectivity index (χ0v) is 16.6. The molecule has 3 heterocycles. The Labute approximate surface area is 200 Å². The summed E-state index contributed by atoms with van der Waals surface area (Å²) in [5.41, 5.74) is 0.660. The number of aromatic nitrogens is 3. The van der Waals surface area contributed by atoms with Crippen molar-refractivity contribution in [2.75, 3.05) is 0 Å². The largest absolute Gasteiger partial charge is 0.478 e. The first kappa shape index (κ1) is 25.4. The van der Waals surface area contributed by atoms with Crippen LogP contribution in [0.1, 0.15) is 31.1 Å². The van der Waals surface area contributed by atoms with Crippen LogP contribution in [0.5, 0.6) is 0 Å². The minimum atomic E-state index is -0.942. The number of carboxylic acid groups (broad SMARTS) is 3. The average molecular weight is 521 g/mol. The van der Waals surface area contributed by atoms with Crippen LogP contribution in [0.2, 0.25) is 0 Å². The van der Waals surface area contributed by atoms with E-state index in [-0.39, 0.29) is 66.1 Å². The van der Waals surface area contributed by atoms with Gasteiger partial charge in [0.15, 0.2) is 0 Å². The van der Waals surface area contributed by atoms with Crippen LogP contribution in [0.3, 0.4) is 0 Å². The van der Waals surface area contributed by atoms with Gasteiger partial charge in [-0.25, -0.2) is 14.4 Å². The summed E-state index contributed by atoms with van der Waals surface area (Å²) in [7, 11) is 0. The molecule has 0 bridgehead atoms. The summed E-state index contributed by atoms with van der Waals surface area (Å²) in [6.45, 7) is 0. The van der Waals surface area contributed by atoms with E-state index in [4.69, 9.17) is 15.3 Å². The van der Waals surface area contributed by atoms with Crippen LogP contribution >= 0.6 is 0 Å². The van der Waals surface area contributed by atoms with Gasteiger partial charge < -0.3 is 15.3 Å². The van der Waals surface area contributed by atoms with Gasteiger partial charge in [0.1, 0.15) is 0 Å². The van der Waals surface area contributed by atoms with Crippen molar-refractivity contribution in [1.29, 1.82) is 0 Å². The first-order chi connectivity index (χ1) is 12.9. The fourth-order valence-corrected chi connectivity index (χ4v) is 1.47. The maximum atomic E-state index is 10.2. The van der Waals surface area contributed by atoms with E-state index in [0.717, 1.165) is 0 Å². The van der Waals surface area contributed by atoms with E-state index in [9.17, 15) is 14.4 Å². The van der Waals surface area contributed by atoms with Crippen molar-refractivity contribution in [2.24, 2.45) is 0 Å². The molecule has 0 fully saturated rings. The molecule has 3 N–H and O–H groups in total. The maximum Gasteiger partial charge on any atom is 0.337 e. The normalized spacial score (nSPS) is 8.57. The van der Waals surface area contributed by atoms with Gasteiger partial charge in [0.05, 0.1) is 16.7 Å². The number of aromatic carboxylic acids is 3. The molecular weight excluding hydrogens is 506 g/mol. The number of hydrogen-bond acceptors (Lipinski definition) is 6. The fourth-order valence-electron chi connectivity index (χ4n) is 1.47. The molecule has 0 aromatic carbocycles. The molecule has 0 unspecified atom stereocenters. The van der Waals surface area contributed by atoms with Crippen LogP contribution in [0, 0.1) is 49.4 Å². The SMILES string of the molecule is O=C(O)c1cccnc1.O=C(O)c1cccnc1.O=C(O)c1cccnc1.[Eu]. The summed E-state index contributed by atoms with van der Waals surface area (Å²) in [4.78, 5) is 41.4. The van der Waals surface area contributed by atoms with Gasteiger partial charge in [0, 0.05) is 86.6 Å². The van der Waals surface area contributed by atoms with Gasteiger partial charge in [-0.15, -0.1) is 0 Å². The van der Waals surface area contributed by atoms with E-state index in [1.807, 2.05) is 0 Å². The molecule has 3 aromatic rings. The molecule has 0 aliphatic carbocycles. The fraction of sp³-hybridized carbons (Fsp3) is 0. The molecule has 0 spiro atoms. The van der Waals surface area contributed by atoms with Crippen LogP contribution < -0.4 is 0 Å². The van der Waals surface area contributed by atoms with E-state index in [1.54, 1.807) is 18.2 Å². The molecule has 10 heteroatoms. The summed E-state index contributed by atoms with van der Waals surface area (Å²) in [5, 5.41) is 25.0. The molecule has 3 aromatic heterocycles. The third-order valence-electron chi connectivity index (χ3n) is 2.73. The van der Waals surface area contributed by atoms with Crippen molar-refractivity contribution in [2.45, 2.75) is 0 Å². The molecule has 3 rings (SSSR count). The standard InChI is InChI=1S/3C6H5NO2.Eu/c3*8-6(9)5-2-1-3-7-4-5;/h3*1-4H,(H,8,9);. The Balaban J connectivity index is 0.000000384. The number of rotatable bonds is 3. The Morgan fingerprint density at radius 2 is 0.821 bits per heavy atom. The maximum absolute atomic E-state index is 10.2. The molecule has 0 saturated heterocycles. The number of hydrogen-bond donors (Lipinski definition) is 3. The molecule has 145 valence electrons. The molecule has 1 radical (unpaired) electrons. The Morgan fingerprint density at radius 1 is 0.571 bits per heavy atom. The predicted octanol–water partition coefficient (Wildman–Crippen LogP) is 2.34. The Bertz CT molecular complexity index is 747. The van der Waals surface area contributed by atoms with Crippen molar-refractivity contribution in [1.82, 2.24) is 15.0 Å². The summed E-state index contributed by atoms with van der Waals surface area (Å²) < 4.78 is 0. The van der Waals surface area contributed by atoms with Crippen molar-refractivity contribution < 1.29 is 79.1 Å². The van der Waals surface area contributed by atoms with Crippen LogP contribution in [0.15, 0.2) is 73.6 Å². The molecule has 0 atom stereocenters. The predicted molar refractivity (Wildman–Crippen MR) is 93.6 cm³/mol. The van der Waals surface area contributed by atoms with E-state index in [2.05, 4.69) is 15.0 Å². The van der Waals surface area contributed by atoms with Crippen molar-refractivity contribution >= 4 is 17.9 Å². The molecule has 9 nitrogen and oxygen atoms in total. The Kier molecular flexibility index (Phi) is 13.2. The smallest absolute Gasteiger partial charge is 0.337 e. The minimum absolute atomic E-state index is 0. The molecular formula is C18H15EuN3O6. The molecule has 0 amide bonds. The van der Waals surface area contributed by atoms with Crippen LogP contribution in [0.4, 0.5) is 0 Å². The monoisotopic (exact) mass is 522 g/mol. The second-order valence-electron chi connectivity index (χ2n) is 4.64. The molecule has 0 saturated carbocycles. The van der Waals surface area contributed by atoms with Gasteiger partial charge >= 0.3 is 17.9 Å². The van der Waals surface area contributed by atoms with Gasteiger partial charge in [0.2, 0.25) is 0 Å². The zero-order valence-electron chi connectivity index (χ0n) is 14.2. The van der Waals surface area contributed by atoms with E-state index in [0.29, 0.717) is 0 Å². The quantitative estimate of drug-likeness (QED) is 0.472. The van der Waals surface area contributed by atoms with Gasteiger partial charge in [-0.2, -0.15) is 0 Å². The summed E-state index contributed by atoms with van der Waals surface area (Å²) >= 11 is 0. The van der Waals surface area contributed by atoms with Crippen LogP contribution in [0.25, 0.3) is 0 Å². The third-order valence-corrected chi connectivity index (χ3v) is 2.73. The average Bonchev–Trinajstić information content (AvgIpc) is 2.71. The number of carboxylic acids is 3. The van der Waals surface area contributed by atoms with Crippen LogP contribution in [-0.4, -0.2) is 48.2 Å². The third kappa shape index (κ3) is 10.6. The number of pyridine rings is 3. The summed E-state index contributed by atoms with van der Waals surface area (Å²) in [6.07, 6.45) is 8.53. The number of nitrogens with zero attached hydrogens (tertiary/aromatic N) is 3. The molecule has 0 aliphatic heterocycles. The van der Waals surface area contributed by atoms with Gasteiger partial charge in [-0.3, -0.25) is 15.0 Å². The van der Waals surface area contributed by atoms with Crippen molar-refractivity contribution in [3.63, 3.8) is 0 Å². The summed E-state index contributed by atoms with van der Waals surface area (Å²) in [6, 6.07) is 9.25. The van der Waals surface area contributed by atoms with E-state index < -0.39 is 17.9 Å². The Morgan fingerprint density at radius 3 is 0.929 bits per heavy atom. The second-order valence-corrected chi connectivity index (χ2v) is 4.64. The Hall–Kier alpha value is -2.56. The first-order valence-electron chi connectivity index (χ1n) is 7.31. The molecule has 0 aliphatic rings. The van der Waals surface area contributed by atoms with E-state index in [1.165, 1.54) is 55.4 Å². The van der Waals surface area contributed by atoms with E-state index >= 15 is 0 Å². The topological polar surface area (TPSA) is 151 Å². The molecule has 28 heavy (non-hydrogen) atoms. The van der Waals surface area contributed by atoms with Crippen molar-refractivity contribution in [3.8, 4) is 0 Å². The summed E-state index contributed by atoms with van der Waals surface area (Å²) in [5.74, 6) is -2.82. The minimum Gasteiger partial charge on any atom is -0.478 e. The van der Waals surface area contributed by atoms with Gasteiger partial charge in [0.25, 0.3) is 0 Å². The van der Waals surface area contributed by atoms with Gasteiger partial charge in [-0.05, 0) is 36.4 Å². The van der Waals surface area contributed by atoms with Gasteiger partial charge in [-0.1, -0.05) is 0 Å². The van der Waals surface area contributed by atoms with Crippen molar-refractivity contribution in [3.05, 3.63) is 90.3 Å². The second kappa shape index (κ2) is 14.5. The zero-order chi connectivity index (χ0) is 20.1. The first-order valence-corrected chi connectivity index (χ1v) is 7.31. The number of carbonyl (C=O) groups is 3. The van der Waals surface area contributed by atoms with Crippen LogP contribution in [-0.2, 0) is 0 Å².